The number of carbonyl (C=O) groups is 1. The van der Waals surface area contributed by atoms with Gasteiger partial charge in [-0.25, -0.2) is 5.43 Å². The van der Waals surface area contributed by atoms with Crippen LogP contribution in [-0.2, 0) is 4.79 Å². The Morgan fingerprint density at radius 2 is 1.38 bits per heavy atom. The van der Waals surface area contributed by atoms with Crippen molar-refractivity contribution in [1.29, 1.82) is 0 Å². The first-order chi connectivity index (χ1) is 11.8. The van der Waals surface area contributed by atoms with Gasteiger partial charge in [-0.1, -0.05) is 93.3 Å². The lowest BCUT2D eigenvalue weighted by atomic mass is 10.0. The van der Waals surface area contributed by atoms with Gasteiger partial charge in [0.1, 0.15) is 0 Å². The predicted octanol–water partition coefficient (Wildman–Crippen LogP) is 4.92. The number of amides is 1. The molecular formula is C21H26N2O. The number of rotatable bonds is 9. The van der Waals surface area contributed by atoms with Gasteiger partial charge in [0.15, 0.2) is 0 Å². The molecule has 0 aliphatic carbocycles. The molecule has 0 aliphatic heterocycles. The zero-order chi connectivity index (χ0) is 17.0. The van der Waals surface area contributed by atoms with E-state index in [1.807, 2.05) is 60.7 Å². The summed E-state index contributed by atoms with van der Waals surface area (Å²) in [5.74, 6) is -0.0177. The van der Waals surface area contributed by atoms with E-state index >= 15 is 0 Å². The fourth-order valence-corrected chi connectivity index (χ4v) is 2.55. The number of hydrogen-bond donors (Lipinski definition) is 1. The summed E-state index contributed by atoms with van der Waals surface area (Å²) in [6.07, 6.45) is 6.22. The number of hydrazone groups is 1. The standard InChI is InChI=1S/C21H26N2O/c1-2-3-4-5-12-17-20(24)22-23-21(18-13-8-6-9-14-18)19-15-10-7-11-16-19/h6-11,13-16H,2-5,12,17H2,1H3,(H,22,24). The van der Waals surface area contributed by atoms with Gasteiger partial charge < -0.3 is 0 Å². The highest BCUT2D eigenvalue weighted by molar-refractivity contribution is 6.13. The van der Waals surface area contributed by atoms with Crippen molar-refractivity contribution in [3.63, 3.8) is 0 Å². The molecule has 126 valence electrons. The molecule has 0 aliphatic rings. The molecule has 3 heteroatoms. The van der Waals surface area contributed by atoms with E-state index in [0.29, 0.717) is 6.42 Å². The third-order valence-corrected chi connectivity index (χ3v) is 3.89. The van der Waals surface area contributed by atoms with E-state index in [-0.39, 0.29) is 5.91 Å². The molecule has 2 aromatic carbocycles. The van der Waals surface area contributed by atoms with Crippen molar-refractivity contribution in [3.05, 3.63) is 71.8 Å². The first-order valence-electron chi connectivity index (χ1n) is 8.78. The van der Waals surface area contributed by atoms with Gasteiger partial charge in [-0.3, -0.25) is 4.79 Å². The summed E-state index contributed by atoms with van der Waals surface area (Å²) in [5, 5.41) is 4.40. The lowest BCUT2D eigenvalue weighted by molar-refractivity contribution is -0.121. The molecule has 0 aromatic heterocycles. The minimum Gasteiger partial charge on any atom is -0.273 e. The summed E-state index contributed by atoms with van der Waals surface area (Å²) in [6.45, 7) is 2.19. The summed E-state index contributed by atoms with van der Waals surface area (Å²) in [6, 6.07) is 19.9. The van der Waals surface area contributed by atoms with Crippen molar-refractivity contribution in [2.75, 3.05) is 0 Å². The van der Waals surface area contributed by atoms with Gasteiger partial charge >= 0.3 is 0 Å². The van der Waals surface area contributed by atoms with Gasteiger partial charge in [0.2, 0.25) is 5.91 Å². The molecule has 0 bridgehead atoms. The van der Waals surface area contributed by atoms with Gasteiger partial charge in [-0.05, 0) is 6.42 Å². The molecule has 2 rings (SSSR count). The van der Waals surface area contributed by atoms with Gasteiger partial charge in [-0.2, -0.15) is 5.10 Å². The quantitative estimate of drug-likeness (QED) is 0.397. The van der Waals surface area contributed by atoms with Crippen LogP contribution in [0.5, 0.6) is 0 Å². The number of unbranched alkanes of at least 4 members (excludes halogenated alkanes) is 4. The van der Waals surface area contributed by atoms with E-state index in [1.165, 1.54) is 19.3 Å². The molecule has 3 nitrogen and oxygen atoms in total. The molecule has 0 fully saturated rings. The zero-order valence-electron chi connectivity index (χ0n) is 14.4. The Morgan fingerprint density at radius 1 is 0.833 bits per heavy atom. The van der Waals surface area contributed by atoms with Crippen LogP contribution >= 0.6 is 0 Å². The van der Waals surface area contributed by atoms with Gasteiger partial charge in [-0.15, -0.1) is 0 Å². The topological polar surface area (TPSA) is 41.5 Å². The highest BCUT2D eigenvalue weighted by Gasteiger charge is 2.07. The molecule has 1 amide bonds. The van der Waals surface area contributed by atoms with E-state index in [2.05, 4.69) is 17.5 Å². The minimum atomic E-state index is -0.0177. The average Bonchev–Trinajstić information content (AvgIpc) is 2.63. The molecule has 1 N–H and O–H groups in total. The largest absolute Gasteiger partial charge is 0.273 e. The Morgan fingerprint density at radius 3 is 1.92 bits per heavy atom. The number of benzene rings is 2. The summed E-state index contributed by atoms with van der Waals surface area (Å²) in [7, 11) is 0. The molecule has 0 unspecified atom stereocenters. The lowest BCUT2D eigenvalue weighted by Gasteiger charge is -2.08. The van der Waals surface area contributed by atoms with Crippen LogP contribution in [0.1, 0.15) is 56.6 Å². The maximum Gasteiger partial charge on any atom is 0.240 e. The molecule has 0 heterocycles. The molecule has 0 saturated carbocycles. The molecule has 24 heavy (non-hydrogen) atoms. The van der Waals surface area contributed by atoms with Crippen LogP contribution in [0, 0.1) is 0 Å². The average molecular weight is 322 g/mol. The third kappa shape index (κ3) is 5.99. The van der Waals surface area contributed by atoms with Gasteiger partial charge in [0.25, 0.3) is 0 Å². The molecule has 2 aromatic rings. The molecular weight excluding hydrogens is 296 g/mol. The number of nitrogens with one attached hydrogen (secondary N) is 1. The van der Waals surface area contributed by atoms with Crippen LogP contribution in [0.25, 0.3) is 0 Å². The Balaban J connectivity index is 2.00. The third-order valence-electron chi connectivity index (χ3n) is 3.89. The van der Waals surface area contributed by atoms with Crippen molar-refractivity contribution in [3.8, 4) is 0 Å². The van der Waals surface area contributed by atoms with Crippen molar-refractivity contribution in [1.82, 2.24) is 5.43 Å². The second-order valence-electron chi connectivity index (χ2n) is 5.89. The molecule has 0 atom stereocenters. The first kappa shape index (κ1) is 17.9. The van der Waals surface area contributed by atoms with E-state index in [4.69, 9.17) is 0 Å². The number of carbonyl (C=O) groups excluding carboxylic acids is 1. The van der Waals surface area contributed by atoms with Crippen molar-refractivity contribution >= 4 is 11.6 Å². The number of hydrogen-bond acceptors (Lipinski definition) is 2. The summed E-state index contributed by atoms with van der Waals surface area (Å²) in [4.78, 5) is 12.0. The predicted molar refractivity (Wildman–Crippen MR) is 100 cm³/mol. The van der Waals surface area contributed by atoms with Crippen LogP contribution in [0.2, 0.25) is 0 Å². The van der Waals surface area contributed by atoms with Crippen LogP contribution in [0.4, 0.5) is 0 Å². The van der Waals surface area contributed by atoms with E-state index in [9.17, 15) is 4.79 Å². The maximum atomic E-state index is 12.0. The van der Waals surface area contributed by atoms with Gasteiger partial charge in [0.05, 0.1) is 5.71 Å². The van der Waals surface area contributed by atoms with Crippen molar-refractivity contribution < 1.29 is 4.79 Å². The lowest BCUT2D eigenvalue weighted by Crippen LogP contribution is -2.20. The highest BCUT2D eigenvalue weighted by atomic mass is 16.2. The van der Waals surface area contributed by atoms with Gasteiger partial charge in [0, 0.05) is 17.5 Å². The molecule has 0 radical (unpaired) electrons. The normalized spacial score (nSPS) is 10.2. The Kier molecular flexibility index (Phi) is 7.75. The minimum absolute atomic E-state index is 0.0177. The molecule has 0 saturated heterocycles. The molecule has 0 spiro atoms. The summed E-state index contributed by atoms with van der Waals surface area (Å²) >= 11 is 0. The van der Waals surface area contributed by atoms with Crippen LogP contribution in [-0.4, -0.2) is 11.6 Å². The van der Waals surface area contributed by atoms with Crippen LogP contribution < -0.4 is 5.43 Å². The fraction of sp³-hybridized carbons (Fsp3) is 0.333. The Hall–Kier alpha value is -2.42. The Labute approximate surface area is 144 Å². The van der Waals surface area contributed by atoms with Crippen molar-refractivity contribution in [2.24, 2.45) is 5.10 Å². The number of nitrogens with zero attached hydrogens (tertiary/aromatic N) is 1. The maximum absolute atomic E-state index is 12.0. The Bertz CT molecular complexity index is 594. The zero-order valence-corrected chi connectivity index (χ0v) is 14.4. The smallest absolute Gasteiger partial charge is 0.240 e. The van der Waals surface area contributed by atoms with Crippen molar-refractivity contribution in [2.45, 2.75) is 45.4 Å². The second-order valence-corrected chi connectivity index (χ2v) is 5.89. The van der Waals surface area contributed by atoms with Crippen LogP contribution in [0.15, 0.2) is 65.8 Å². The monoisotopic (exact) mass is 322 g/mol. The SMILES string of the molecule is CCCCCCCC(=O)NN=C(c1ccccc1)c1ccccc1. The highest BCUT2D eigenvalue weighted by Crippen LogP contribution is 2.10. The van der Waals surface area contributed by atoms with E-state index in [1.54, 1.807) is 0 Å². The van der Waals surface area contributed by atoms with Crippen LogP contribution in [0.3, 0.4) is 0 Å². The summed E-state index contributed by atoms with van der Waals surface area (Å²) < 4.78 is 0. The summed E-state index contributed by atoms with van der Waals surface area (Å²) in [5.41, 5.74) is 5.49. The second kappa shape index (κ2) is 10.4. The van der Waals surface area contributed by atoms with E-state index in [0.717, 1.165) is 29.7 Å². The van der Waals surface area contributed by atoms with E-state index < -0.39 is 0 Å². The fourth-order valence-electron chi connectivity index (χ4n) is 2.55. The first-order valence-corrected chi connectivity index (χ1v) is 8.78.